The highest BCUT2D eigenvalue weighted by Crippen LogP contribution is 2.32. The Morgan fingerprint density at radius 3 is 2.47 bits per heavy atom. The van der Waals surface area contributed by atoms with E-state index < -0.39 is 11.9 Å². The zero-order valence-corrected chi connectivity index (χ0v) is 11.4. The molecule has 0 aliphatic rings. The van der Waals surface area contributed by atoms with Gasteiger partial charge in [0.15, 0.2) is 11.6 Å². The Labute approximate surface area is 116 Å². The summed E-state index contributed by atoms with van der Waals surface area (Å²) < 4.78 is 19.0. The van der Waals surface area contributed by atoms with Gasteiger partial charge >= 0.3 is 0 Å². The monoisotopic (exact) mass is 280 g/mol. The molecule has 0 saturated heterocycles. The number of benzene rings is 2. The summed E-state index contributed by atoms with van der Waals surface area (Å²) >= 11 is 6.01. The van der Waals surface area contributed by atoms with E-state index in [-0.39, 0.29) is 11.3 Å². The third kappa shape index (κ3) is 2.57. The first kappa shape index (κ1) is 13.8. The molecule has 4 heteroatoms. The van der Waals surface area contributed by atoms with Crippen LogP contribution in [-0.2, 0) is 0 Å². The number of hydrogen-bond acceptors (Lipinski definition) is 2. The number of halogens is 2. The molecule has 1 atom stereocenters. The molecular formula is C15H14ClFO2. The summed E-state index contributed by atoms with van der Waals surface area (Å²) in [6.07, 6.45) is -1.08. The van der Waals surface area contributed by atoms with Gasteiger partial charge < -0.3 is 9.84 Å². The third-order valence-electron chi connectivity index (χ3n) is 3.11. The van der Waals surface area contributed by atoms with Crippen molar-refractivity contribution in [1.82, 2.24) is 0 Å². The molecular weight excluding hydrogens is 267 g/mol. The van der Waals surface area contributed by atoms with E-state index in [0.29, 0.717) is 10.6 Å². The summed E-state index contributed by atoms with van der Waals surface area (Å²) in [5.74, 6) is -0.451. The molecule has 2 nitrogen and oxygen atoms in total. The quantitative estimate of drug-likeness (QED) is 0.924. The highest BCUT2D eigenvalue weighted by molar-refractivity contribution is 6.31. The second-order valence-electron chi connectivity index (χ2n) is 4.22. The van der Waals surface area contributed by atoms with E-state index in [1.807, 2.05) is 0 Å². The topological polar surface area (TPSA) is 29.5 Å². The Morgan fingerprint density at radius 2 is 1.79 bits per heavy atom. The van der Waals surface area contributed by atoms with Crippen molar-refractivity contribution >= 4 is 11.6 Å². The highest BCUT2D eigenvalue weighted by atomic mass is 35.5. The lowest BCUT2D eigenvalue weighted by atomic mass is 9.97. The molecule has 0 radical (unpaired) electrons. The van der Waals surface area contributed by atoms with Crippen LogP contribution in [0.3, 0.4) is 0 Å². The van der Waals surface area contributed by atoms with Crippen LogP contribution in [-0.4, -0.2) is 12.2 Å². The number of hydrogen-bond donors (Lipinski definition) is 1. The first-order valence-corrected chi connectivity index (χ1v) is 6.19. The molecule has 2 rings (SSSR count). The van der Waals surface area contributed by atoms with Crippen molar-refractivity contribution in [2.45, 2.75) is 13.0 Å². The van der Waals surface area contributed by atoms with Gasteiger partial charge in [-0.2, -0.15) is 0 Å². The van der Waals surface area contributed by atoms with Crippen LogP contribution >= 0.6 is 11.6 Å². The Hall–Kier alpha value is -1.58. The van der Waals surface area contributed by atoms with Gasteiger partial charge in [-0.25, -0.2) is 4.39 Å². The Balaban J connectivity index is 2.50. The fourth-order valence-electron chi connectivity index (χ4n) is 1.98. The van der Waals surface area contributed by atoms with E-state index in [0.717, 1.165) is 5.56 Å². The highest BCUT2D eigenvalue weighted by Gasteiger charge is 2.20. The van der Waals surface area contributed by atoms with E-state index in [9.17, 15) is 9.50 Å². The molecule has 2 aromatic carbocycles. The minimum absolute atomic E-state index is 0.108. The average molecular weight is 281 g/mol. The van der Waals surface area contributed by atoms with Gasteiger partial charge in [0.1, 0.15) is 6.10 Å². The van der Waals surface area contributed by atoms with Gasteiger partial charge in [0.2, 0.25) is 0 Å². The predicted octanol–water partition coefficient (Wildman–Crippen LogP) is 3.88. The van der Waals surface area contributed by atoms with Crippen LogP contribution in [0.4, 0.5) is 4.39 Å². The van der Waals surface area contributed by atoms with Gasteiger partial charge in [-0.1, -0.05) is 35.9 Å². The van der Waals surface area contributed by atoms with Crippen LogP contribution in [0.25, 0.3) is 0 Å². The lowest BCUT2D eigenvalue weighted by Gasteiger charge is -2.16. The summed E-state index contributed by atoms with van der Waals surface area (Å²) in [6.45, 7) is 1.79. The van der Waals surface area contributed by atoms with E-state index >= 15 is 0 Å². The van der Waals surface area contributed by atoms with Gasteiger partial charge in [0.05, 0.1) is 7.11 Å². The lowest BCUT2D eigenvalue weighted by Crippen LogP contribution is -2.05. The van der Waals surface area contributed by atoms with Crippen molar-refractivity contribution in [2.24, 2.45) is 0 Å². The molecule has 0 aromatic heterocycles. The summed E-state index contributed by atoms with van der Waals surface area (Å²) in [6, 6.07) is 9.87. The zero-order chi connectivity index (χ0) is 14.0. The van der Waals surface area contributed by atoms with Crippen molar-refractivity contribution in [1.29, 1.82) is 0 Å². The van der Waals surface area contributed by atoms with Crippen LogP contribution in [0.15, 0.2) is 36.4 Å². The maximum Gasteiger partial charge on any atom is 0.171 e. The standard InChI is InChI=1S/C15H14ClFO2/c1-9-10(5-3-7-12(9)16)15(18)11-6-4-8-13(19-2)14(11)17/h3-8,15,18H,1-2H3. The van der Waals surface area contributed by atoms with Gasteiger partial charge in [0, 0.05) is 10.6 Å². The largest absolute Gasteiger partial charge is 0.494 e. The number of aliphatic hydroxyl groups excluding tert-OH is 1. The van der Waals surface area contributed by atoms with Crippen molar-refractivity contribution < 1.29 is 14.2 Å². The molecule has 100 valence electrons. The Morgan fingerprint density at radius 1 is 1.16 bits per heavy atom. The summed E-state index contributed by atoms with van der Waals surface area (Å²) in [5.41, 5.74) is 1.49. The average Bonchev–Trinajstić information content (AvgIpc) is 2.41. The summed E-state index contributed by atoms with van der Waals surface area (Å²) in [5, 5.41) is 10.9. The number of rotatable bonds is 3. The van der Waals surface area contributed by atoms with Crippen LogP contribution in [0.1, 0.15) is 22.8 Å². The van der Waals surface area contributed by atoms with Crippen molar-refractivity contribution in [3.05, 3.63) is 63.9 Å². The minimum Gasteiger partial charge on any atom is -0.494 e. The zero-order valence-electron chi connectivity index (χ0n) is 10.7. The third-order valence-corrected chi connectivity index (χ3v) is 3.52. The van der Waals surface area contributed by atoms with Crippen LogP contribution < -0.4 is 4.74 Å². The SMILES string of the molecule is COc1cccc(C(O)c2cccc(Cl)c2C)c1F. The van der Waals surface area contributed by atoms with Crippen LogP contribution in [0, 0.1) is 12.7 Å². The number of methoxy groups -OCH3 is 1. The fourth-order valence-corrected chi connectivity index (χ4v) is 2.17. The first-order chi connectivity index (χ1) is 9.06. The molecule has 0 bridgehead atoms. The van der Waals surface area contributed by atoms with E-state index in [1.54, 1.807) is 31.2 Å². The Kier molecular flexibility index (Phi) is 4.08. The van der Waals surface area contributed by atoms with Gasteiger partial charge in [-0.15, -0.1) is 0 Å². The number of aliphatic hydroxyl groups is 1. The minimum atomic E-state index is -1.08. The normalized spacial score (nSPS) is 12.3. The first-order valence-electron chi connectivity index (χ1n) is 5.81. The van der Waals surface area contributed by atoms with E-state index in [2.05, 4.69) is 0 Å². The van der Waals surface area contributed by atoms with Crippen molar-refractivity contribution in [3.8, 4) is 5.75 Å². The molecule has 0 heterocycles. The van der Waals surface area contributed by atoms with Crippen molar-refractivity contribution in [2.75, 3.05) is 7.11 Å². The molecule has 0 fully saturated rings. The molecule has 0 amide bonds. The molecule has 1 N–H and O–H groups in total. The molecule has 2 aromatic rings. The van der Waals surface area contributed by atoms with Gasteiger partial charge in [-0.05, 0) is 30.2 Å². The molecule has 0 spiro atoms. The van der Waals surface area contributed by atoms with Gasteiger partial charge in [0.25, 0.3) is 0 Å². The van der Waals surface area contributed by atoms with Crippen molar-refractivity contribution in [3.63, 3.8) is 0 Å². The molecule has 0 aliphatic carbocycles. The summed E-state index contributed by atoms with van der Waals surface area (Å²) in [4.78, 5) is 0. The van der Waals surface area contributed by atoms with Crippen LogP contribution in [0.2, 0.25) is 5.02 Å². The van der Waals surface area contributed by atoms with E-state index in [4.69, 9.17) is 16.3 Å². The fraction of sp³-hybridized carbons (Fsp3) is 0.200. The number of ether oxygens (including phenoxy) is 1. The Bertz CT molecular complexity index is 599. The summed E-state index contributed by atoms with van der Waals surface area (Å²) in [7, 11) is 1.39. The second kappa shape index (κ2) is 5.59. The maximum absolute atomic E-state index is 14.1. The molecule has 1 unspecified atom stereocenters. The van der Waals surface area contributed by atoms with Gasteiger partial charge in [-0.3, -0.25) is 0 Å². The predicted molar refractivity (Wildman–Crippen MR) is 73.2 cm³/mol. The lowest BCUT2D eigenvalue weighted by molar-refractivity contribution is 0.212. The molecule has 19 heavy (non-hydrogen) atoms. The smallest absolute Gasteiger partial charge is 0.171 e. The molecule has 0 aliphatic heterocycles. The van der Waals surface area contributed by atoms with E-state index in [1.165, 1.54) is 19.2 Å². The van der Waals surface area contributed by atoms with Crippen LogP contribution in [0.5, 0.6) is 5.75 Å². The second-order valence-corrected chi connectivity index (χ2v) is 4.63. The molecule has 0 saturated carbocycles. The maximum atomic E-state index is 14.1.